The molecule has 0 aliphatic carbocycles. The molecular weight excluding hydrogens is 242 g/mol. The lowest BCUT2D eigenvalue weighted by Crippen LogP contribution is -2.00. The fourth-order valence-electron chi connectivity index (χ4n) is 2.60. The SMILES string of the molecule is C=C(C)CCn1c(-c2ccccc2)cc2ccccc21. The molecule has 0 saturated heterocycles. The molecule has 100 valence electrons. The summed E-state index contributed by atoms with van der Waals surface area (Å²) in [6, 6.07) is 21.4. The number of aromatic nitrogens is 1. The van der Waals surface area contributed by atoms with Crippen LogP contribution in [0, 0.1) is 0 Å². The lowest BCUT2D eigenvalue weighted by molar-refractivity contribution is 0.725. The minimum Gasteiger partial charge on any atom is -0.340 e. The molecule has 1 aromatic heterocycles. The van der Waals surface area contributed by atoms with Crippen LogP contribution in [0.2, 0.25) is 0 Å². The fourth-order valence-corrected chi connectivity index (χ4v) is 2.60. The van der Waals surface area contributed by atoms with Gasteiger partial charge in [0.15, 0.2) is 0 Å². The van der Waals surface area contributed by atoms with Gasteiger partial charge < -0.3 is 4.57 Å². The molecule has 0 spiro atoms. The van der Waals surface area contributed by atoms with Crippen molar-refractivity contribution in [2.24, 2.45) is 0 Å². The smallest absolute Gasteiger partial charge is 0.0491 e. The highest BCUT2D eigenvalue weighted by molar-refractivity contribution is 5.87. The second-order valence-electron chi connectivity index (χ2n) is 5.31. The van der Waals surface area contributed by atoms with Crippen molar-refractivity contribution in [1.82, 2.24) is 4.57 Å². The van der Waals surface area contributed by atoms with E-state index in [-0.39, 0.29) is 0 Å². The highest BCUT2D eigenvalue weighted by Crippen LogP contribution is 2.28. The van der Waals surface area contributed by atoms with Gasteiger partial charge in [0.1, 0.15) is 0 Å². The van der Waals surface area contributed by atoms with Crippen LogP contribution in [0.3, 0.4) is 0 Å². The number of rotatable bonds is 4. The number of para-hydroxylation sites is 1. The number of fused-ring (bicyclic) bond motifs is 1. The van der Waals surface area contributed by atoms with Crippen LogP contribution in [0.15, 0.2) is 72.8 Å². The maximum atomic E-state index is 4.02. The minimum atomic E-state index is 0.979. The van der Waals surface area contributed by atoms with Crippen LogP contribution >= 0.6 is 0 Å². The number of aryl methyl sites for hydroxylation is 1. The molecule has 0 N–H and O–H groups in total. The van der Waals surface area contributed by atoms with Gasteiger partial charge in [-0.15, -0.1) is 6.58 Å². The van der Waals surface area contributed by atoms with Gasteiger partial charge in [0.05, 0.1) is 0 Å². The first-order chi connectivity index (χ1) is 9.75. The summed E-state index contributed by atoms with van der Waals surface area (Å²) in [6.45, 7) is 7.09. The first-order valence-corrected chi connectivity index (χ1v) is 7.04. The van der Waals surface area contributed by atoms with Crippen LogP contribution in [0.25, 0.3) is 22.2 Å². The van der Waals surface area contributed by atoms with Crippen LogP contribution in [0.5, 0.6) is 0 Å². The summed E-state index contributed by atoms with van der Waals surface area (Å²) < 4.78 is 2.40. The zero-order valence-corrected chi connectivity index (χ0v) is 11.8. The standard InChI is InChI=1S/C19H19N/c1-15(2)12-13-20-18-11-7-6-10-17(18)14-19(20)16-8-4-3-5-9-16/h3-11,14H,1,12-13H2,2H3. The fraction of sp³-hybridized carbons (Fsp3) is 0.158. The van der Waals surface area contributed by atoms with Gasteiger partial charge in [-0.2, -0.15) is 0 Å². The molecule has 1 nitrogen and oxygen atoms in total. The third-order valence-corrected chi connectivity index (χ3v) is 3.64. The Morgan fingerprint density at radius 1 is 1.00 bits per heavy atom. The third kappa shape index (κ3) is 2.39. The van der Waals surface area contributed by atoms with Gasteiger partial charge in [-0.25, -0.2) is 0 Å². The molecule has 1 heterocycles. The first kappa shape index (κ1) is 12.7. The van der Waals surface area contributed by atoms with Crippen LogP contribution in [-0.4, -0.2) is 4.57 Å². The minimum absolute atomic E-state index is 0.979. The predicted octanol–water partition coefficient (Wildman–Crippen LogP) is 5.27. The van der Waals surface area contributed by atoms with Gasteiger partial charge in [-0.05, 0) is 31.0 Å². The molecular formula is C19H19N. The molecule has 20 heavy (non-hydrogen) atoms. The van der Waals surface area contributed by atoms with Crippen LogP contribution in [0.1, 0.15) is 13.3 Å². The summed E-state index contributed by atoms with van der Waals surface area (Å²) in [4.78, 5) is 0. The molecule has 0 fully saturated rings. The molecule has 1 heteroatoms. The maximum Gasteiger partial charge on any atom is 0.0491 e. The lowest BCUT2D eigenvalue weighted by atomic mass is 10.1. The van der Waals surface area contributed by atoms with E-state index >= 15 is 0 Å². The molecule has 0 aliphatic rings. The molecule has 3 rings (SSSR count). The number of hydrogen-bond acceptors (Lipinski definition) is 0. The van der Waals surface area contributed by atoms with Crippen molar-refractivity contribution in [1.29, 1.82) is 0 Å². The summed E-state index contributed by atoms with van der Waals surface area (Å²) in [5, 5.41) is 1.30. The van der Waals surface area contributed by atoms with Crippen molar-refractivity contribution in [2.45, 2.75) is 19.9 Å². The average molecular weight is 261 g/mol. The van der Waals surface area contributed by atoms with E-state index in [1.807, 2.05) is 0 Å². The first-order valence-electron chi connectivity index (χ1n) is 7.04. The van der Waals surface area contributed by atoms with Gasteiger partial charge in [0.2, 0.25) is 0 Å². The Labute approximate surface area is 120 Å². The lowest BCUT2D eigenvalue weighted by Gasteiger charge is -2.11. The Morgan fingerprint density at radius 3 is 2.45 bits per heavy atom. The monoisotopic (exact) mass is 261 g/mol. The van der Waals surface area contributed by atoms with Gasteiger partial charge in [0, 0.05) is 23.1 Å². The topological polar surface area (TPSA) is 4.93 Å². The summed E-state index contributed by atoms with van der Waals surface area (Å²) in [5.41, 5.74) is 5.08. The summed E-state index contributed by atoms with van der Waals surface area (Å²) in [7, 11) is 0. The molecule has 3 aromatic rings. The van der Waals surface area contributed by atoms with E-state index in [1.54, 1.807) is 0 Å². The van der Waals surface area contributed by atoms with E-state index in [4.69, 9.17) is 0 Å². The molecule has 0 amide bonds. The van der Waals surface area contributed by atoms with E-state index in [0.717, 1.165) is 13.0 Å². The molecule has 0 unspecified atom stereocenters. The van der Waals surface area contributed by atoms with Crippen LogP contribution in [0.4, 0.5) is 0 Å². The summed E-state index contributed by atoms with van der Waals surface area (Å²) in [5.74, 6) is 0. The number of benzene rings is 2. The Hall–Kier alpha value is -2.28. The maximum absolute atomic E-state index is 4.02. The van der Waals surface area contributed by atoms with Crippen molar-refractivity contribution in [3.8, 4) is 11.3 Å². The summed E-state index contributed by atoms with van der Waals surface area (Å²) >= 11 is 0. The molecule has 0 atom stereocenters. The molecule has 0 bridgehead atoms. The van der Waals surface area contributed by atoms with Gasteiger partial charge >= 0.3 is 0 Å². The van der Waals surface area contributed by atoms with Crippen molar-refractivity contribution in [3.05, 3.63) is 72.8 Å². The van der Waals surface area contributed by atoms with E-state index in [1.165, 1.54) is 27.7 Å². The number of hydrogen-bond donors (Lipinski definition) is 0. The molecule has 0 saturated carbocycles. The number of nitrogens with zero attached hydrogens (tertiary/aromatic N) is 1. The second-order valence-corrected chi connectivity index (χ2v) is 5.31. The van der Waals surface area contributed by atoms with Crippen LogP contribution < -0.4 is 0 Å². The van der Waals surface area contributed by atoms with Crippen molar-refractivity contribution in [3.63, 3.8) is 0 Å². The molecule has 0 aliphatic heterocycles. The van der Waals surface area contributed by atoms with E-state index in [9.17, 15) is 0 Å². The number of allylic oxidation sites excluding steroid dienone is 1. The normalized spacial score (nSPS) is 10.8. The molecule has 2 aromatic carbocycles. The zero-order valence-electron chi connectivity index (χ0n) is 11.8. The quantitative estimate of drug-likeness (QED) is 0.563. The largest absolute Gasteiger partial charge is 0.340 e. The molecule has 0 radical (unpaired) electrons. The van der Waals surface area contributed by atoms with Crippen LogP contribution in [-0.2, 0) is 6.54 Å². The second kappa shape index (κ2) is 5.38. The van der Waals surface area contributed by atoms with Gasteiger partial charge in [-0.3, -0.25) is 0 Å². The Kier molecular flexibility index (Phi) is 3.42. The predicted molar refractivity (Wildman–Crippen MR) is 86.8 cm³/mol. The van der Waals surface area contributed by atoms with Crippen molar-refractivity contribution in [2.75, 3.05) is 0 Å². The zero-order chi connectivity index (χ0) is 13.9. The van der Waals surface area contributed by atoms with E-state index in [2.05, 4.69) is 78.7 Å². The highest BCUT2D eigenvalue weighted by Gasteiger charge is 2.09. The van der Waals surface area contributed by atoms with Gasteiger partial charge in [-0.1, -0.05) is 54.1 Å². The Bertz CT molecular complexity index is 735. The van der Waals surface area contributed by atoms with Gasteiger partial charge in [0.25, 0.3) is 0 Å². The van der Waals surface area contributed by atoms with Crippen molar-refractivity contribution < 1.29 is 0 Å². The van der Waals surface area contributed by atoms with Crippen molar-refractivity contribution >= 4 is 10.9 Å². The Balaban J connectivity index is 2.15. The van der Waals surface area contributed by atoms with E-state index < -0.39 is 0 Å². The highest BCUT2D eigenvalue weighted by atomic mass is 15.0. The third-order valence-electron chi connectivity index (χ3n) is 3.64. The average Bonchev–Trinajstić information content (AvgIpc) is 2.84. The van der Waals surface area contributed by atoms with E-state index in [0.29, 0.717) is 0 Å². The Morgan fingerprint density at radius 2 is 1.70 bits per heavy atom. The summed E-state index contributed by atoms with van der Waals surface area (Å²) in [6.07, 6.45) is 1.01.